The van der Waals surface area contributed by atoms with E-state index in [4.69, 9.17) is 0 Å². The molecule has 5 nitrogen and oxygen atoms in total. The van der Waals surface area contributed by atoms with Crippen molar-refractivity contribution in [2.75, 3.05) is 0 Å². The van der Waals surface area contributed by atoms with Gasteiger partial charge < -0.3 is 0 Å². The van der Waals surface area contributed by atoms with Crippen LogP contribution in [0.15, 0.2) is 72.0 Å². The molecule has 4 rings (SSSR count). The van der Waals surface area contributed by atoms with Gasteiger partial charge in [0, 0.05) is 17.5 Å². The molecule has 0 unspecified atom stereocenters. The molecule has 1 aromatic heterocycles. The van der Waals surface area contributed by atoms with Gasteiger partial charge in [-0.25, -0.2) is 5.43 Å². The van der Waals surface area contributed by atoms with Gasteiger partial charge >= 0.3 is 0 Å². The van der Waals surface area contributed by atoms with Gasteiger partial charge in [0.25, 0.3) is 5.91 Å². The maximum absolute atomic E-state index is 12.1. The Hall–Kier alpha value is -3.47. The van der Waals surface area contributed by atoms with Gasteiger partial charge in [-0.15, -0.1) is 0 Å². The summed E-state index contributed by atoms with van der Waals surface area (Å²) in [4.78, 5) is 12.1. The predicted molar refractivity (Wildman–Crippen MR) is 104 cm³/mol. The second-order valence-electron chi connectivity index (χ2n) is 6.16. The number of hydrazone groups is 1. The third-order valence-electron chi connectivity index (χ3n) is 4.42. The van der Waals surface area contributed by atoms with Crippen molar-refractivity contribution in [2.24, 2.45) is 5.10 Å². The molecule has 4 aromatic rings. The Bertz CT molecular complexity index is 1070. The Morgan fingerprint density at radius 2 is 1.73 bits per heavy atom. The lowest BCUT2D eigenvalue weighted by Crippen LogP contribution is -2.24. The molecule has 128 valence electrons. The van der Waals surface area contributed by atoms with Gasteiger partial charge in [0.2, 0.25) is 0 Å². The summed E-state index contributed by atoms with van der Waals surface area (Å²) < 4.78 is 1.64. The summed E-state index contributed by atoms with van der Waals surface area (Å²) in [5.74, 6) is -0.211. The fourth-order valence-corrected chi connectivity index (χ4v) is 3.09. The predicted octanol–water partition coefficient (Wildman–Crippen LogP) is 3.65. The molecule has 5 heteroatoms. The molecular weight excluding hydrogens is 324 g/mol. The first kappa shape index (κ1) is 16.0. The number of fused-ring (bicyclic) bond motifs is 2. The summed E-state index contributed by atoms with van der Waals surface area (Å²) in [5, 5.41) is 12.8. The highest BCUT2D eigenvalue weighted by molar-refractivity contribution is 6.13. The number of carbonyl (C=O) groups excluding carboxylic acids is 1. The molecule has 1 heterocycles. The summed E-state index contributed by atoms with van der Waals surface area (Å²) in [7, 11) is 0. The Balaban J connectivity index is 1.64. The van der Waals surface area contributed by atoms with Crippen molar-refractivity contribution >= 4 is 33.7 Å². The number of aryl methyl sites for hydroxylation is 1. The fourth-order valence-electron chi connectivity index (χ4n) is 3.09. The van der Waals surface area contributed by atoms with Crippen LogP contribution in [0.25, 0.3) is 21.5 Å². The van der Waals surface area contributed by atoms with E-state index in [2.05, 4.69) is 46.0 Å². The summed E-state index contributed by atoms with van der Waals surface area (Å²) in [6.45, 7) is 2.05. The van der Waals surface area contributed by atoms with Crippen LogP contribution in [-0.2, 0) is 11.3 Å². The third-order valence-corrected chi connectivity index (χ3v) is 4.42. The van der Waals surface area contributed by atoms with E-state index in [0.29, 0.717) is 0 Å². The van der Waals surface area contributed by atoms with E-state index in [1.807, 2.05) is 37.3 Å². The van der Waals surface area contributed by atoms with Crippen molar-refractivity contribution < 1.29 is 4.79 Å². The van der Waals surface area contributed by atoms with Gasteiger partial charge in [-0.1, -0.05) is 48.5 Å². The molecule has 0 saturated heterocycles. The molecule has 0 aliphatic carbocycles. The van der Waals surface area contributed by atoms with Crippen LogP contribution in [0, 0.1) is 6.92 Å². The Morgan fingerprint density at radius 1 is 1.08 bits per heavy atom. The van der Waals surface area contributed by atoms with E-state index in [0.717, 1.165) is 32.8 Å². The molecule has 0 saturated carbocycles. The standard InChI is InChI=1S/C21H18N4O/c1-15-10-11-23-25(15)14-21(26)24-22-13-20-18-8-4-2-6-16(18)12-17-7-3-5-9-19(17)20/h2-13H,14H2,1H3,(H,24,26)/b22-13+. The van der Waals surface area contributed by atoms with E-state index >= 15 is 0 Å². The topological polar surface area (TPSA) is 59.3 Å². The minimum atomic E-state index is -0.211. The molecule has 1 amide bonds. The van der Waals surface area contributed by atoms with E-state index in [-0.39, 0.29) is 12.5 Å². The maximum atomic E-state index is 12.1. The molecule has 0 aliphatic heterocycles. The van der Waals surface area contributed by atoms with E-state index in [9.17, 15) is 4.79 Å². The largest absolute Gasteiger partial charge is 0.271 e. The second kappa shape index (κ2) is 6.80. The quantitative estimate of drug-likeness (QED) is 0.350. The fraction of sp³-hybridized carbons (Fsp3) is 0.0952. The highest BCUT2D eigenvalue weighted by atomic mass is 16.2. The highest BCUT2D eigenvalue weighted by Gasteiger charge is 2.07. The normalized spacial score (nSPS) is 11.4. The highest BCUT2D eigenvalue weighted by Crippen LogP contribution is 2.27. The molecular formula is C21H18N4O. The summed E-state index contributed by atoms with van der Waals surface area (Å²) >= 11 is 0. The van der Waals surface area contributed by atoms with Crippen LogP contribution in [-0.4, -0.2) is 21.9 Å². The van der Waals surface area contributed by atoms with Gasteiger partial charge in [-0.05, 0) is 40.6 Å². The summed E-state index contributed by atoms with van der Waals surface area (Å²) in [5.41, 5.74) is 4.52. The number of rotatable bonds is 4. The van der Waals surface area contributed by atoms with Gasteiger partial charge in [0.15, 0.2) is 0 Å². The lowest BCUT2D eigenvalue weighted by atomic mass is 9.97. The number of aromatic nitrogens is 2. The summed E-state index contributed by atoms with van der Waals surface area (Å²) in [6.07, 6.45) is 3.40. The molecule has 0 radical (unpaired) electrons. The number of carbonyl (C=O) groups is 1. The number of amides is 1. The van der Waals surface area contributed by atoms with Crippen LogP contribution in [0.3, 0.4) is 0 Å². The Morgan fingerprint density at radius 3 is 2.35 bits per heavy atom. The number of benzene rings is 3. The molecule has 0 bridgehead atoms. The average molecular weight is 342 g/mol. The minimum Gasteiger partial charge on any atom is -0.271 e. The van der Waals surface area contributed by atoms with Gasteiger partial charge in [0.1, 0.15) is 6.54 Å². The van der Waals surface area contributed by atoms with Crippen LogP contribution < -0.4 is 5.43 Å². The zero-order valence-electron chi connectivity index (χ0n) is 14.4. The first-order valence-electron chi connectivity index (χ1n) is 8.43. The Labute approximate surface area is 150 Å². The van der Waals surface area contributed by atoms with Gasteiger partial charge in [-0.2, -0.15) is 10.2 Å². The Kier molecular flexibility index (Phi) is 4.19. The van der Waals surface area contributed by atoms with Crippen molar-refractivity contribution in [1.82, 2.24) is 15.2 Å². The first-order chi connectivity index (χ1) is 12.7. The van der Waals surface area contributed by atoms with Crippen LogP contribution in [0.4, 0.5) is 0 Å². The number of nitrogens with one attached hydrogen (secondary N) is 1. The zero-order valence-corrected chi connectivity index (χ0v) is 14.4. The number of nitrogens with zero attached hydrogens (tertiary/aromatic N) is 3. The average Bonchev–Trinajstić information content (AvgIpc) is 3.05. The third kappa shape index (κ3) is 3.07. The second-order valence-corrected chi connectivity index (χ2v) is 6.16. The SMILES string of the molecule is Cc1ccnn1CC(=O)N/N=C/c1c2ccccc2cc2ccccc12. The van der Waals surface area contributed by atoms with Crippen molar-refractivity contribution in [3.8, 4) is 0 Å². The lowest BCUT2D eigenvalue weighted by Gasteiger charge is -2.08. The van der Waals surface area contributed by atoms with Crippen molar-refractivity contribution in [2.45, 2.75) is 13.5 Å². The van der Waals surface area contributed by atoms with Crippen molar-refractivity contribution in [1.29, 1.82) is 0 Å². The van der Waals surface area contributed by atoms with Gasteiger partial charge in [0.05, 0.1) is 6.21 Å². The van der Waals surface area contributed by atoms with E-state index in [1.54, 1.807) is 17.1 Å². The molecule has 26 heavy (non-hydrogen) atoms. The molecule has 0 atom stereocenters. The lowest BCUT2D eigenvalue weighted by molar-refractivity contribution is -0.121. The summed E-state index contributed by atoms with van der Waals surface area (Å²) in [6, 6.07) is 20.4. The van der Waals surface area contributed by atoms with Crippen LogP contribution >= 0.6 is 0 Å². The molecule has 0 fully saturated rings. The molecule has 1 N–H and O–H groups in total. The van der Waals surface area contributed by atoms with E-state index < -0.39 is 0 Å². The van der Waals surface area contributed by atoms with E-state index in [1.165, 1.54) is 0 Å². The molecule has 3 aromatic carbocycles. The smallest absolute Gasteiger partial charge is 0.261 e. The van der Waals surface area contributed by atoms with Crippen LogP contribution in [0.5, 0.6) is 0 Å². The van der Waals surface area contributed by atoms with Crippen molar-refractivity contribution in [3.05, 3.63) is 78.1 Å². The molecule has 0 aliphatic rings. The monoisotopic (exact) mass is 342 g/mol. The van der Waals surface area contributed by atoms with Crippen molar-refractivity contribution in [3.63, 3.8) is 0 Å². The van der Waals surface area contributed by atoms with Crippen LogP contribution in [0.2, 0.25) is 0 Å². The molecule has 0 spiro atoms. The maximum Gasteiger partial charge on any atom is 0.261 e. The number of hydrogen-bond acceptors (Lipinski definition) is 3. The first-order valence-corrected chi connectivity index (χ1v) is 8.43. The minimum absolute atomic E-state index is 0.145. The van der Waals surface area contributed by atoms with Crippen LogP contribution in [0.1, 0.15) is 11.3 Å². The zero-order chi connectivity index (χ0) is 17.9. The number of hydrogen-bond donors (Lipinski definition) is 1. The van der Waals surface area contributed by atoms with Gasteiger partial charge in [-0.3, -0.25) is 9.48 Å².